The fourth-order valence-corrected chi connectivity index (χ4v) is 6.24. The second-order valence-electron chi connectivity index (χ2n) is 14.1. The van der Waals surface area contributed by atoms with Crippen LogP contribution in [0, 0.1) is 5.92 Å². The van der Waals surface area contributed by atoms with E-state index in [1.807, 2.05) is 0 Å². The van der Waals surface area contributed by atoms with Crippen LogP contribution >= 0.6 is 0 Å². The van der Waals surface area contributed by atoms with Crippen LogP contribution in [0.3, 0.4) is 0 Å². The molecule has 4 heterocycles. The van der Waals surface area contributed by atoms with Crippen molar-refractivity contribution in [3.05, 3.63) is 47.5 Å². The lowest BCUT2D eigenvalue weighted by atomic mass is 9.90. The van der Waals surface area contributed by atoms with Gasteiger partial charge in [-0.1, -0.05) is 34.6 Å². The molecule has 0 amide bonds. The number of hydrogen-bond acceptors (Lipinski definition) is 7. The van der Waals surface area contributed by atoms with Crippen molar-refractivity contribution in [2.75, 3.05) is 63.2 Å². The van der Waals surface area contributed by atoms with Gasteiger partial charge in [-0.3, -0.25) is 14.9 Å². The van der Waals surface area contributed by atoms with Crippen molar-refractivity contribution >= 4 is 11.4 Å². The largest absolute Gasteiger partial charge is 0.388 e. The van der Waals surface area contributed by atoms with Crippen molar-refractivity contribution in [1.82, 2.24) is 19.8 Å². The van der Waals surface area contributed by atoms with Gasteiger partial charge in [-0.05, 0) is 76.4 Å². The zero-order valence-corrected chi connectivity index (χ0v) is 27.4. The van der Waals surface area contributed by atoms with Gasteiger partial charge in [0.15, 0.2) is 0 Å². The van der Waals surface area contributed by atoms with Gasteiger partial charge in [-0.25, -0.2) is 4.39 Å². The van der Waals surface area contributed by atoms with E-state index in [0.29, 0.717) is 37.4 Å². The van der Waals surface area contributed by atoms with Crippen LogP contribution in [-0.4, -0.2) is 96.6 Å². The summed E-state index contributed by atoms with van der Waals surface area (Å²) in [7, 11) is 4.41. The minimum atomic E-state index is -1.14. The van der Waals surface area contributed by atoms with Crippen LogP contribution in [0.15, 0.2) is 30.5 Å². The van der Waals surface area contributed by atoms with E-state index >= 15 is 0 Å². The van der Waals surface area contributed by atoms with Crippen LogP contribution in [0.25, 0.3) is 0 Å². The number of pyridine rings is 2. The summed E-state index contributed by atoms with van der Waals surface area (Å²) in [4.78, 5) is 19.3. The second-order valence-corrected chi connectivity index (χ2v) is 14.1. The summed E-state index contributed by atoms with van der Waals surface area (Å²) in [6.07, 6.45) is 2.78. The molecule has 4 atom stereocenters. The maximum absolute atomic E-state index is 14.0. The number of piperidine rings is 2. The molecule has 0 bridgehead atoms. The first-order chi connectivity index (χ1) is 19.8. The lowest BCUT2D eigenvalue weighted by molar-refractivity contribution is 0.0644. The van der Waals surface area contributed by atoms with Crippen LogP contribution in [0.2, 0.25) is 0 Å². The Labute approximate surface area is 254 Å². The van der Waals surface area contributed by atoms with Crippen molar-refractivity contribution in [3.63, 3.8) is 0 Å². The summed E-state index contributed by atoms with van der Waals surface area (Å²) < 4.78 is 14.0. The lowest BCUT2D eigenvalue weighted by Crippen LogP contribution is -2.47. The van der Waals surface area contributed by atoms with Gasteiger partial charge in [0.25, 0.3) is 0 Å². The van der Waals surface area contributed by atoms with E-state index in [4.69, 9.17) is 9.97 Å². The molecule has 2 aliphatic rings. The zero-order valence-electron chi connectivity index (χ0n) is 27.4. The Balaban J connectivity index is 1.34. The zero-order chi connectivity index (χ0) is 30.6. The molecular formula is C34H55FN6O. The molecule has 0 spiro atoms. The molecule has 7 nitrogen and oxygen atoms in total. The molecule has 0 aliphatic carbocycles. The molecule has 2 saturated heterocycles. The summed E-state index contributed by atoms with van der Waals surface area (Å²) >= 11 is 0. The molecule has 1 N–H and O–H groups in total. The fraction of sp³-hybridized carbons (Fsp3) is 0.706. The molecule has 0 aromatic carbocycles. The lowest BCUT2D eigenvalue weighted by Gasteiger charge is -2.40. The SMILES string of the molecule is CC(C)c1ccc(N2CC[C@@H](F)[C@@H](O)C2)c(CN(C)CCN(C)C(C)[C@H]2CCCN(c3ccc(C(C)(C)C)nc3)C2)n1. The van der Waals surface area contributed by atoms with E-state index in [1.165, 1.54) is 18.5 Å². The summed E-state index contributed by atoms with van der Waals surface area (Å²) in [5.74, 6) is 0.941. The Morgan fingerprint density at radius 3 is 2.40 bits per heavy atom. The van der Waals surface area contributed by atoms with E-state index in [0.717, 1.165) is 55.5 Å². The van der Waals surface area contributed by atoms with Gasteiger partial charge in [0.2, 0.25) is 0 Å². The topological polar surface area (TPSA) is 59.0 Å². The third-order valence-corrected chi connectivity index (χ3v) is 9.37. The predicted molar refractivity (Wildman–Crippen MR) is 172 cm³/mol. The standard InChI is InChI=1S/C34H55FN6O/c1-24(2)29-12-13-31(41-17-15-28(35)32(42)23-41)30(37-29)22-38(7)18-19-39(8)25(3)26-10-9-16-40(21-26)27-11-14-33(36-20-27)34(4,5)6/h11-14,20,24-26,28,32,42H,9-10,15-19,21-23H2,1-8H3/t25?,26-,28+,32-/m0/s1. The van der Waals surface area contributed by atoms with Gasteiger partial charge < -0.3 is 19.8 Å². The number of anilines is 2. The number of aromatic nitrogens is 2. The molecule has 2 aromatic rings. The van der Waals surface area contributed by atoms with Crippen molar-refractivity contribution < 1.29 is 9.50 Å². The molecule has 0 radical (unpaired) electrons. The normalized spacial score (nSPS) is 22.8. The molecule has 8 heteroatoms. The van der Waals surface area contributed by atoms with Gasteiger partial charge >= 0.3 is 0 Å². The average molecular weight is 583 g/mol. The van der Waals surface area contributed by atoms with E-state index in [1.54, 1.807) is 0 Å². The van der Waals surface area contributed by atoms with E-state index in [9.17, 15) is 9.50 Å². The highest BCUT2D eigenvalue weighted by molar-refractivity contribution is 5.52. The van der Waals surface area contributed by atoms with E-state index in [-0.39, 0.29) is 5.41 Å². The van der Waals surface area contributed by atoms with Crippen LogP contribution in [0.5, 0.6) is 0 Å². The Morgan fingerprint density at radius 2 is 1.76 bits per heavy atom. The molecule has 2 aliphatic heterocycles. The van der Waals surface area contributed by atoms with Gasteiger partial charge in [0.05, 0.1) is 23.3 Å². The molecule has 1 unspecified atom stereocenters. The first-order valence-corrected chi connectivity index (χ1v) is 16.0. The number of halogens is 1. The van der Waals surface area contributed by atoms with Gasteiger partial charge in [-0.15, -0.1) is 0 Å². The molecule has 4 rings (SSSR count). The predicted octanol–water partition coefficient (Wildman–Crippen LogP) is 5.48. The Kier molecular flexibility index (Phi) is 10.9. The molecular weight excluding hydrogens is 527 g/mol. The summed E-state index contributed by atoms with van der Waals surface area (Å²) in [5.41, 5.74) is 5.54. The quantitative estimate of drug-likeness (QED) is 0.398. The Hall–Kier alpha value is -2.29. The number of nitrogens with zero attached hydrogens (tertiary/aromatic N) is 6. The van der Waals surface area contributed by atoms with Crippen molar-refractivity contribution in [1.29, 1.82) is 0 Å². The second kappa shape index (κ2) is 14.0. The van der Waals surface area contributed by atoms with Crippen molar-refractivity contribution in [2.24, 2.45) is 5.92 Å². The highest BCUT2D eigenvalue weighted by Crippen LogP contribution is 2.29. The van der Waals surface area contributed by atoms with Crippen molar-refractivity contribution in [2.45, 2.75) is 97.0 Å². The van der Waals surface area contributed by atoms with Gasteiger partial charge in [0.1, 0.15) is 12.3 Å². The number of aliphatic hydroxyl groups excluding tert-OH is 1. The number of hydrogen-bond donors (Lipinski definition) is 1. The van der Waals surface area contributed by atoms with Crippen LogP contribution in [0.1, 0.15) is 83.8 Å². The highest BCUT2D eigenvalue weighted by Gasteiger charge is 2.30. The van der Waals surface area contributed by atoms with Crippen molar-refractivity contribution in [3.8, 4) is 0 Å². The Morgan fingerprint density at radius 1 is 1.00 bits per heavy atom. The van der Waals surface area contributed by atoms with Crippen LogP contribution in [-0.2, 0) is 12.0 Å². The summed E-state index contributed by atoms with van der Waals surface area (Å²) in [6.45, 7) is 19.0. The maximum atomic E-state index is 14.0. The monoisotopic (exact) mass is 582 g/mol. The van der Waals surface area contributed by atoms with E-state index in [2.05, 4.69) is 106 Å². The average Bonchev–Trinajstić information content (AvgIpc) is 2.96. The smallest absolute Gasteiger partial charge is 0.129 e. The maximum Gasteiger partial charge on any atom is 0.129 e. The van der Waals surface area contributed by atoms with Crippen LogP contribution < -0.4 is 9.80 Å². The summed E-state index contributed by atoms with van der Waals surface area (Å²) in [6, 6.07) is 9.11. The fourth-order valence-electron chi connectivity index (χ4n) is 6.24. The molecule has 0 saturated carbocycles. The number of likely N-dealkylation sites (N-methyl/N-ethyl adjacent to an activating group) is 2. The molecule has 2 fully saturated rings. The summed E-state index contributed by atoms with van der Waals surface area (Å²) in [5, 5.41) is 10.2. The molecule has 2 aromatic heterocycles. The third-order valence-electron chi connectivity index (χ3n) is 9.37. The minimum absolute atomic E-state index is 0.0667. The van der Waals surface area contributed by atoms with E-state index < -0.39 is 12.3 Å². The number of alkyl halides is 1. The number of rotatable bonds is 10. The third kappa shape index (κ3) is 8.20. The van der Waals surface area contributed by atoms with Gasteiger partial charge in [-0.2, -0.15) is 0 Å². The minimum Gasteiger partial charge on any atom is -0.388 e. The van der Waals surface area contributed by atoms with Crippen LogP contribution in [0.4, 0.5) is 15.8 Å². The first kappa shape index (κ1) is 32.6. The van der Waals surface area contributed by atoms with Gasteiger partial charge in [0, 0.05) is 68.7 Å². The number of aliphatic hydroxyl groups is 1. The first-order valence-electron chi connectivity index (χ1n) is 16.0. The molecule has 42 heavy (non-hydrogen) atoms. The number of β-amino-alcohol motifs (C(OH)–C–C–N with tert-alkyl or cyclic N) is 1. The molecule has 234 valence electrons. The Bertz CT molecular complexity index is 1140. The highest BCUT2D eigenvalue weighted by atomic mass is 19.1.